The first-order chi connectivity index (χ1) is 28.8. The van der Waals surface area contributed by atoms with Crippen molar-refractivity contribution in [3.8, 4) is 39.1 Å². The molecular formula is C56H38N2. The van der Waals surface area contributed by atoms with E-state index in [2.05, 4.69) is 240 Å². The van der Waals surface area contributed by atoms with E-state index in [0.29, 0.717) is 0 Å². The van der Waals surface area contributed by atoms with Gasteiger partial charge in [-0.25, -0.2) is 0 Å². The predicted molar refractivity (Wildman–Crippen MR) is 247 cm³/mol. The Bertz CT molecular complexity index is 3250. The van der Waals surface area contributed by atoms with Crippen LogP contribution in [0.15, 0.2) is 231 Å². The van der Waals surface area contributed by atoms with E-state index in [9.17, 15) is 0 Å². The highest BCUT2D eigenvalue weighted by Crippen LogP contribution is 2.42. The lowest BCUT2D eigenvalue weighted by Crippen LogP contribution is -2.10. The zero-order valence-corrected chi connectivity index (χ0v) is 31.8. The first kappa shape index (κ1) is 33.6. The van der Waals surface area contributed by atoms with Crippen LogP contribution >= 0.6 is 0 Å². The number of aromatic nitrogens is 1. The monoisotopic (exact) mass is 738 g/mol. The van der Waals surface area contributed by atoms with Gasteiger partial charge in [0, 0.05) is 33.5 Å². The van der Waals surface area contributed by atoms with E-state index in [4.69, 9.17) is 0 Å². The Balaban J connectivity index is 1.05. The summed E-state index contributed by atoms with van der Waals surface area (Å²) in [6.45, 7) is 0. The van der Waals surface area contributed by atoms with Gasteiger partial charge in [-0.05, 0) is 116 Å². The highest BCUT2D eigenvalue weighted by molar-refractivity contribution is 6.16. The molecule has 1 aromatic heterocycles. The minimum Gasteiger partial charge on any atom is -0.310 e. The van der Waals surface area contributed by atoms with E-state index in [0.717, 1.165) is 22.7 Å². The summed E-state index contributed by atoms with van der Waals surface area (Å²) in [6, 6.07) is 83.6. The number of nitrogens with zero attached hydrogens (tertiary/aromatic N) is 2. The van der Waals surface area contributed by atoms with Crippen LogP contribution in [0.3, 0.4) is 0 Å². The standard InChI is InChI=1S/C56H38N2/c1-3-14-39(15-4-1)48-19-9-10-20-49(48)41-28-33-45(34-29-41)57(47-37-32-43-27-26-40-16-7-8-21-50(40)53(43)38-47)46-35-30-42(31-36-46)51-23-13-25-55-56(51)52-22-11-12-24-54(52)58(55)44-17-5-2-6-18-44/h1-38H. The van der Waals surface area contributed by atoms with Crippen LogP contribution in [0.1, 0.15) is 0 Å². The molecule has 0 aliphatic rings. The fraction of sp³-hybridized carbons (Fsp3) is 0. The highest BCUT2D eigenvalue weighted by atomic mass is 15.1. The molecule has 58 heavy (non-hydrogen) atoms. The average molecular weight is 739 g/mol. The molecule has 272 valence electrons. The zero-order chi connectivity index (χ0) is 38.4. The maximum Gasteiger partial charge on any atom is 0.0547 e. The van der Waals surface area contributed by atoms with Crippen LogP contribution in [0, 0.1) is 0 Å². The van der Waals surface area contributed by atoms with Crippen molar-refractivity contribution >= 4 is 60.4 Å². The average Bonchev–Trinajstić information content (AvgIpc) is 3.65. The van der Waals surface area contributed by atoms with Crippen LogP contribution in [0.2, 0.25) is 0 Å². The molecule has 0 atom stereocenters. The molecule has 0 amide bonds. The van der Waals surface area contributed by atoms with Gasteiger partial charge in [0.15, 0.2) is 0 Å². The van der Waals surface area contributed by atoms with Gasteiger partial charge in [0.25, 0.3) is 0 Å². The lowest BCUT2D eigenvalue weighted by molar-refractivity contribution is 1.18. The maximum absolute atomic E-state index is 2.39. The van der Waals surface area contributed by atoms with Crippen LogP contribution in [0.4, 0.5) is 17.1 Å². The summed E-state index contributed by atoms with van der Waals surface area (Å²) in [5.74, 6) is 0. The second-order valence-electron chi connectivity index (χ2n) is 14.9. The molecule has 0 saturated heterocycles. The molecule has 0 spiro atoms. The van der Waals surface area contributed by atoms with Gasteiger partial charge < -0.3 is 9.47 Å². The SMILES string of the molecule is c1ccc(-c2ccccc2-c2ccc(N(c3ccc(-c4cccc5c4c4ccccc4n5-c4ccccc4)cc3)c3ccc4ccc5ccccc5c4c3)cc2)cc1. The smallest absolute Gasteiger partial charge is 0.0547 e. The minimum absolute atomic E-state index is 1.10. The third-order valence-electron chi connectivity index (χ3n) is 11.6. The topological polar surface area (TPSA) is 8.17 Å². The summed E-state index contributed by atoms with van der Waals surface area (Å²) in [7, 11) is 0. The molecule has 0 aliphatic heterocycles. The van der Waals surface area contributed by atoms with Crippen molar-refractivity contribution in [3.05, 3.63) is 231 Å². The molecular weight excluding hydrogens is 701 g/mol. The van der Waals surface area contributed by atoms with Crippen LogP contribution in [0.5, 0.6) is 0 Å². The molecule has 11 aromatic rings. The molecule has 0 unspecified atom stereocenters. The third-order valence-corrected chi connectivity index (χ3v) is 11.6. The Kier molecular flexibility index (Phi) is 8.19. The molecule has 10 aromatic carbocycles. The number of para-hydroxylation sites is 2. The molecule has 2 heteroatoms. The number of anilines is 3. The van der Waals surface area contributed by atoms with Gasteiger partial charge >= 0.3 is 0 Å². The second kappa shape index (κ2) is 14.1. The molecule has 0 N–H and O–H groups in total. The van der Waals surface area contributed by atoms with Crippen molar-refractivity contribution in [2.45, 2.75) is 0 Å². The van der Waals surface area contributed by atoms with Crippen molar-refractivity contribution in [3.63, 3.8) is 0 Å². The maximum atomic E-state index is 2.39. The number of benzene rings is 10. The normalized spacial score (nSPS) is 11.4. The van der Waals surface area contributed by atoms with Crippen molar-refractivity contribution in [1.82, 2.24) is 4.57 Å². The molecule has 11 rings (SSSR count). The summed E-state index contributed by atoms with van der Waals surface area (Å²) in [6.07, 6.45) is 0. The van der Waals surface area contributed by atoms with E-state index >= 15 is 0 Å². The fourth-order valence-electron chi connectivity index (χ4n) is 8.88. The Labute approximate surface area is 338 Å². The Hall–Kier alpha value is -7.68. The summed E-state index contributed by atoms with van der Waals surface area (Å²) >= 11 is 0. The van der Waals surface area contributed by atoms with Gasteiger partial charge in [-0.2, -0.15) is 0 Å². The molecule has 2 nitrogen and oxygen atoms in total. The quantitative estimate of drug-likeness (QED) is 0.148. The van der Waals surface area contributed by atoms with Crippen molar-refractivity contribution in [2.75, 3.05) is 4.90 Å². The highest BCUT2D eigenvalue weighted by Gasteiger charge is 2.18. The minimum atomic E-state index is 1.10. The molecule has 0 fully saturated rings. The lowest BCUT2D eigenvalue weighted by atomic mass is 9.94. The number of fused-ring (bicyclic) bond motifs is 6. The molecule has 0 saturated carbocycles. The van der Waals surface area contributed by atoms with Gasteiger partial charge in [-0.15, -0.1) is 0 Å². The van der Waals surface area contributed by atoms with Gasteiger partial charge in [-0.1, -0.05) is 170 Å². The summed E-state index contributed by atoms with van der Waals surface area (Å²) < 4.78 is 2.38. The van der Waals surface area contributed by atoms with E-state index in [-0.39, 0.29) is 0 Å². The van der Waals surface area contributed by atoms with Crippen LogP contribution in [0.25, 0.3) is 82.4 Å². The van der Waals surface area contributed by atoms with Crippen LogP contribution in [-0.4, -0.2) is 4.57 Å². The lowest BCUT2D eigenvalue weighted by Gasteiger charge is -2.26. The van der Waals surface area contributed by atoms with Crippen LogP contribution in [-0.2, 0) is 0 Å². The van der Waals surface area contributed by atoms with Crippen molar-refractivity contribution < 1.29 is 0 Å². The van der Waals surface area contributed by atoms with Gasteiger partial charge in [0.05, 0.1) is 11.0 Å². The van der Waals surface area contributed by atoms with Gasteiger partial charge in [0.2, 0.25) is 0 Å². The number of hydrogen-bond acceptors (Lipinski definition) is 1. The largest absolute Gasteiger partial charge is 0.310 e. The summed E-state index contributed by atoms with van der Waals surface area (Å²) in [5, 5.41) is 7.49. The second-order valence-corrected chi connectivity index (χ2v) is 14.9. The first-order valence-corrected chi connectivity index (χ1v) is 19.9. The molecule has 1 heterocycles. The Morgan fingerprint density at radius 3 is 1.48 bits per heavy atom. The Morgan fingerprint density at radius 1 is 0.293 bits per heavy atom. The first-order valence-electron chi connectivity index (χ1n) is 19.9. The fourth-order valence-corrected chi connectivity index (χ4v) is 8.88. The molecule has 0 bridgehead atoms. The zero-order valence-electron chi connectivity index (χ0n) is 31.8. The Morgan fingerprint density at radius 2 is 0.776 bits per heavy atom. The van der Waals surface area contributed by atoms with E-state index < -0.39 is 0 Å². The van der Waals surface area contributed by atoms with Gasteiger partial charge in [-0.3, -0.25) is 0 Å². The van der Waals surface area contributed by atoms with E-state index in [1.165, 1.54) is 76.7 Å². The van der Waals surface area contributed by atoms with Crippen LogP contribution < -0.4 is 4.90 Å². The summed E-state index contributed by atoms with van der Waals surface area (Å²) in [4.78, 5) is 2.39. The molecule has 0 radical (unpaired) electrons. The van der Waals surface area contributed by atoms with E-state index in [1.807, 2.05) is 0 Å². The predicted octanol–water partition coefficient (Wildman–Crippen LogP) is 15.6. The third kappa shape index (κ3) is 5.74. The number of hydrogen-bond donors (Lipinski definition) is 0. The number of rotatable bonds is 7. The van der Waals surface area contributed by atoms with Crippen molar-refractivity contribution in [1.29, 1.82) is 0 Å². The molecule has 0 aliphatic carbocycles. The summed E-state index contributed by atoms with van der Waals surface area (Å²) in [5.41, 5.74) is 14.1. The van der Waals surface area contributed by atoms with Crippen molar-refractivity contribution in [2.24, 2.45) is 0 Å². The van der Waals surface area contributed by atoms with E-state index in [1.54, 1.807) is 0 Å². The van der Waals surface area contributed by atoms with Gasteiger partial charge in [0.1, 0.15) is 0 Å².